The zero-order valence-electron chi connectivity index (χ0n) is 9.68. The lowest BCUT2D eigenvalue weighted by Crippen LogP contribution is -2.18. The van der Waals surface area contributed by atoms with Crippen LogP contribution in [-0.2, 0) is 13.0 Å². The molecule has 1 N–H and O–H groups in total. The number of likely N-dealkylation sites (N-methyl/N-ethyl adjacent to an activating group) is 1. The van der Waals surface area contributed by atoms with E-state index in [-0.39, 0.29) is 0 Å². The Kier molecular flexibility index (Phi) is 3.74. The average Bonchev–Trinajstić information content (AvgIpc) is 2.96. The Bertz CT molecular complexity index is 419. The van der Waals surface area contributed by atoms with Crippen LogP contribution in [0.5, 0.6) is 0 Å². The van der Waals surface area contributed by atoms with Gasteiger partial charge in [0.05, 0.1) is 6.20 Å². The molecular weight excluding hydrogens is 218 g/mol. The molecule has 0 saturated heterocycles. The van der Waals surface area contributed by atoms with Crippen LogP contribution in [0, 0.1) is 0 Å². The first-order valence-electron chi connectivity index (χ1n) is 5.54. The maximum Gasteiger partial charge on any atom is 0.0537 e. The first-order chi connectivity index (χ1) is 7.83. The third-order valence-electron chi connectivity index (χ3n) is 2.75. The minimum absolute atomic E-state index is 0.356. The number of aromatic nitrogens is 2. The van der Waals surface area contributed by atoms with Gasteiger partial charge in [0.15, 0.2) is 0 Å². The number of thiophene rings is 1. The largest absolute Gasteiger partial charge is 0.313 e. The van der Waals surface area contributed by atoms with Gasteiger partial charge in [-0.2, -0.15) is 16.4 Å². The lowest BCUT2D eigenvalue weighted by molar-refractivity contribution is 0.590. The van der Waals surface area contributed by atoms with E-state index in [1.165, 1.54) is 11.1 Å². The van der Waals surface area contributed by atoms with Crippen molar-refractivity contribution in [2.45, 2.75) is 25.9 Å². The highest BCUT2D eigenvalue weighted by atomic mass is 32.1. The molecule has 0 amide bonds. The topological polar surface area (TPSA) is 29.9 Å². The molecule has 0 radical (unpaired) electrons. The molecule has 0 aliphatic rings. The minimum Gasteiger partial charge on any atom is -0.313 e. The average molecular weight is 235 g/mol. The van der Waals surface area contributed by atoms with E-state index in [0.29, 0.717) is 6.04 Å². The van der Waals surface area contributed by atoms with Crippen molar-refractivity contribution in [2.24, 2.45) is 0 Å². The van der Waals surface area contributed by atoms with E-state index in [2.05, 4.69) is 40.4 Å². The second-order valence-electron chi connectivity index (χ2n) is 3.81. The van der Waals surface area contributed by atoms with E-state index in [0.717, 1.165) is 13.0 Å². The molecule has 0 bridgehead atoms. The van der Waals surface area contributed by atoms with Crippen molar-refractivity contribution in [3.05, 3.63) is 40.3 Å². The van der Waals surface area contributed by atoms with Crippen molar-refractivity contribution in [3.63, 3.8) is 0 Å². The lowest BCUT2D eigenvalue weighted by atomic mass is 10.0. The van der Waals surface area contributed by atoms with Crippen LogP contribution in [-0.4, -0.2) is 16.8 Å². The van der Waals surface area contributed by atoms with Gasteiger partial charge in [-0.3, -0.25) is 4.68 Å². The predicted molar refractivity (Wildman–Crippen MR) is 67.7 cm³/mol. The molecule has 0 aromatic carbocycles. The first-order valence-corrected chi connectivity index (χ1v) is 6.48. The summed E-state index contributed by atoms with van der Waals surface area (Å²) in [6.07, 6.45) is 5.10. The molecule has 0 spiro atoms. The van der Waals surface area contributed by atoms with Crippen LogP contribution < -0.4 is 5.32 Å². The van der Waals surface area contributed by atoms with Gasteiger partial charge in [0.25, 0.3) is 0 Å². The Labute approximate surface area is 100 Å². The highest BCUT2D eigenvalue weighted by Crippen LogP contribution is 2.19. The van der Waals surface area contributed by atoms with Gasteiger partial charge >= 0.3 is 0 Å². The Hall–Kier alpha value is -1.13. The summed E-state index contributed by atoms with van der Waals surface area (Å²) in [5, 5.41) is 12.0. The molecule has 0 aliphatic heterocycles. The molecule has 0 aliphatic carbocycles. The van der Waals surface area contributed by atoms with Crippen LogP contribution in [0.2, 0.25) is 0 Å². The van der Waals surface area contributed by atoms with Crippen molar-refractivity contribution in [1.82, 2.24) is 15.1 Å². The van der Waals surface area contributed by atoms with Crippen LogP contribution >= 0.6 is 11.3 Å². The maximum atomic E-state index is 4.31. The molecule has 2 rings (SSSR count). The molecule has 0 fully saturated rings. The number of aryl methyl sites for hydroxylation is 1. The van der Waals surface area contributed by atoms with Crippen molar-refractivity contribution < 1.29 is 0 Å². The number of hydrogen-bond acceptors (Lipinski definition) is 3. The summed E-state index contributed by atoms with van der Waals surface area (Å²) >= 11 is 1.75. The molecule has 0 saturated carbocycles. The van der Waals surface area contributed by atoms with Gasteiger partial charge in [0, 0.05) is 24.3 Å². The van der Waals surface area contributed by atoms with Gasteiger partial charge in [-0.15, -0.1) is 0 Å². The summed E-state index contributed by atoms with van der Waals surface area (Å²) in [5.74, 6) is 0. The molecule has 2 aromatic rings. The zero-order valence-corrected chi connectivity index (χ0v) is 10.5. The third kappa shape index (κ3) is 2.51. The fraction of sp³-hybridized carbons (Fsp3) is 0.417. The van der Waals surface area contributed by atoms with Gasteiger partial charge in [0.2, 0.25) is 0 Å². The Morgan fingerprint density at radius 1 is 1.56 bits per heavy atom. The summed E-state index contributed by atoms with van der Waals surface area (Å²) in [4.78, 5) is 0. The highest BCUT2D eigenvalue weighted by molar-refractivity contribution is 7.07. The van der Waals surface area contributed by atoms with Crippen LogP contribution in [0.3, 0.4) is 0 Å². The lowest BCUT2D eigenvalue weighted by Gasteiger charge is -2.13. The SMILES string of the molecule is CCn1cc(C(Cc2ccsc2)NC)cn1. The molecule has 2 heterocycles. The summed E-state index contributed by atoms with van der Waals surface area (Å²) in [7, 11) is 2.00. The smallest absolute Gasteiger partial charge is 0.0537 e. The van der Waals surface area contributed by atoms with Crippen molar-refractivity contribution >= 4 is 11.3 Å². The van der Waals surface area contributed by atoms with E-state index in [9.17, 15) is 0 Å². The van der Waals surface area contributed by atoms with E-state index in [1.54, 1.807) is 11.3 Å². The first kappa shape index (κ1) is 11.4. The fourth-order valence-corrected chi connectivity index (χ4v) is 2.45. The molecule has 86 valence electrons. The molecule has 2 aromatic heterocycles. The Balaban J connectivity index is 2.10. The highest BCUT2D eigenvalue weighted by Gasteiger charge is 2.12. The van der Waals surface area contributed by atoms with E-state index < -0.39 is 0 Å². The summed E-state index contributed by atoms with van der Waals surface area (Å²) < 4.78 is 1.97. The van der Waals surface area contributed by atoms with E-state index in [1.807, 2.05) is 17.9 Å². The monoisotopic (exact) mass is 235 g/mol. The quantitative estimate of drug-likeness (QED) is 0.863. The van der Waals surface area contributed by atoms with Gasteiger partial charge in [0.1, 0.15) is 0 Å². The van der Waals surface area contributed by atoms with Gasteiger partial charge in [-0.25, -0.2) is 0 Å². The van der Waals surface area contributed by atoms with Crippen molar-refractivity contribution in [1.29, 1.82) is 0 Å². The fourth-order valence-electron chi connectivity index (χ4n) is 1.76. The second kappa shape index (κ2) is 5.27. The normalized spacial score (nSPS) is 12.9. The zero-order chi connectivity index (χ0) is 11.4. The van der Waals surface area contributed by atoms with Crippen LogP contribution in [0.4, 0.5) is 0 Å². The van der Waals surface area contributed by atoms with Gasteiger partial charge in [-0.05, 0) is 42.8 Å². The molecule has 4 heteroatoms. The minimum atomic E-state index is 0.356. The summed E-state index contributed by atoms with van der Waals surface area (Å²) in [6, 6.07) is 2.54. The third-order valence-corrected chi connectivity index (χ3v) is 3.48. The molecular formula is C12H17N3S. The van der Waals surface area contributed by atoms with E-state index >= 15 is 0 Å². The number of hydrogen-bond donors (Lipinski definition) is 1. The number of rotatable bonds is 5. The van der Waals surface area contributed by atoms with Gasteiger partial charge < -0.3 is 5.32 Å². The van der Waals surface area contributed by atoms with E-state index in [4.69, 9.17) is 0 Å². The Morgan fingerprint density at radius 2 is 2.44 bits per heavy atom. The Morgan fingerprint density at radius 3 is 3.00 bits per heavy atom. The van der Waals surface area contributed by atoms with Crippen LogP contribution in [0.15, 0.2) is 29.2 Å². The standard InChI is InChI=1S/C12H17N3S/c1-3-15-8-11(7-14-15)12(13-2)6-10-4-5-16-9-10/h4-5,7-9,12-13H,3,6H2,1-2H3. The second-order valence-corrected chi connectivity index (χ2v) is 4.59. The van der Waals surface area contributed by atoms with Crippen LogP contribution in [0.25, 0.3) is 0 Å². The summed E-state index contributed by atoms with van der Waals surface area (Å²) in [6.45, 7) is 3.03. The number of nitrogens with zero attached hydrogens (tertiary/aromatic N) is 2. The van der Waals surface area contributed by atoms with Crippen molar-refractivity contribution in [3.8, 4) is 0 Å². The molecule has 1 atom stereocenters. The van der Waals surface area contributed by atoms with Crippen molar-refractivity contribution in [2.75, 3.05) is 7.05 Å². The van der Waals surface area contributed by atoms with Crippen LogP contribution in [0.1, 0.15) is 24.1 Å². The molecule has 3 nitrogen and oxygen atoms in total. The maximum absolute atomic E-state index is 4.31. The summed E-state index contributed by atoms with van der Waals surface area (Å²) in [5.41, 5.74) is 2.64. The number of nitrogens with one attached hydrogen (secondary N) is 1. The van der Waals surface area contributed by atoms with Gasteiger partial charge in [-0.1, -0.05) is 0 Å². The molecule has 16 heavy (non-hydrogen) atoms. The predicted octanol–water partition coefficient (Wildman–Crippen LogP) is 2.47. The molecule has 1 unspecified atom stereocenters.